The first-order chi connectivity index (χ1) is 9.93. The molecule has 20 heavy (non-hydrogen) atoms. The van der Waals surface area contributed by atoms with E-state index in [9.17, 15) is 0 Å². The normalized spacial score (nSPS) is 12.2. The van der Waals surface area contributed by atoms with Crippen LogP contribution in [0.15, 0.2) is 71.7 Å². The van der Waals surface area contributed by atoms with Gasteiger partial charge in [0.05, 0.1) is 11.7 Å². The van der Waals surface area contributed by atoms with Gasteiger partial charge in [0.15, 0.2) is 0 Å². The molecule has 4 nitrogen and oxygen atoms in total. The standard InChI is InChI=1S/C16H15N3O/c1-2-4-13(5-3-1)16(14-6-9-17-10-7-14)18-12-15-8-11-20-19-15/h1-11,16,18H,12H2. The average molecular weight is 265 g/mol. The highest BCUT2D eigenvalue weighted by Crippen LogP contribution is 2.21. The maximum absolute atomic E-state index is 4.86. The van der Waals surface area contributed by atoms with Gasteiger partial charge in [0.1, 0.15) is 6.26 Å². The SMILES string of the molecule is c1ccc(C(NCc2ccon2)c2ccncc2)cc1. The Morgan fingerprint density at radius 3 is 2.40 bits per heavy atom. The van der Waals surface area contributed by atoms with Gasteiger partial charge < -0.3 is 9.84 Å². The van der Waals surface area contributed by atoms with Crippen molar-refractivity contribution in [2.24, 2.45) is 0 Å². The highest BCUT2D eigenvalue weighted by molar-refractivity contribution is 5.30. The number of nitrogens with one attached hydrogen (secondary N) is 1. The molecule has 3 aromatic rings. The van der Waals surface area contributed by atoms with Gasteiger partial charge in [0.2, 0.25) is 0 Å². The molecule has 0 saturated carbocycles. The van der Waals surface area contributed by atoms with Crippen molar-refractivity contribution in [1.29, 1.82) is 0 Å². The van der Waals surface area contributed by atoms with Gasteiger partial charge >= 0.3 is 0 Å². The molecule has 1 unspecified atom stereocenters. The van der Waals surface area contributed by atoms with E-state index >= 15 is 0 Å². The van der Waals surface area contributed by atoms with Crippen LogP contribution >= 0.6 is 0 Å². The van der Waals surface area contributed by atoms with Gasteiger partial charge in [0.25, 0.3) is 0 Å². The maximum atomic E-state index is 4.86. The summed E-state index contributed by atoms with van der Waals surface area (Å²) in [6, 6.07) is 16.3. The maximum Gasteiger partial charge on any atom is 0.124 e. The number of nitrogens with zero attached hydrogens (tertiary/aromatic N) is 2. The van der Waals surface area contributed by atoms with Gasteiger partial charge in [-0.1, -0.05) is 35.5 Å². The Labute approximate surface area is 117 Å². The molecule has 0 aliphatic rings. The molecule has 0 saturated heterocycles. The van der Waals surface area contributed by atoms with Gasteiger partial charge in [-0.05, 0) is 23.3 Å². The summed E-state index contributed by atoms with van der Waals surface area (Å²) in [7, 11) is 0. The minimum absolute atomic E-state index is 0.107. The lowest BCUT2D eigenvalue weighted by molar-refractivity contribution is 0.407. The molecule has 3 rings (SSSR count). The van der Waals surface area contributed by atoms with E-state index < -0.39 is 0 Å². The van der Waals surface area contributed by atoms with Crippen LogP contribution in [-0.2, 0) is 6.54 Å². The minimum atomic E-state index is 0.107. The molecule has 0 aliphatic carbocycles. The number of rotatable bonds is 5. The molecule has 1 aromatic carbocycles. The van der Waals surface area contributed by atoms with Crippen LogP contribution in [-0.4, -0.2) is 10.1 Å². The molecule has 4 heteroatoms. The second-order valence-corrected chi connectivity index (χ2v) is 4.50. The summed E-state index contributed by atoms with van der Waals surface area (Å²) in [4.78, 5) is 4.08. The second kappa shape index (κ2) is 6.12. The lowest BCUT2D eigenvalue weighted by Crippen LogP contribution is -2.22. The Morgan fingerprint density at radius 2 is 1.70 bits per heavy atom. The zero-order valence-electron chi connectivity index (χ0n) is 10.9. The predicted molar refractivity (Wildman–Crippen MR) is 75.9 cm³/mol. The first-order valence-corrected chi connectivity index (χ1v) is 6.51. The van der Waals surface area contributed by atoms with Gasteiger partial charge in [-0.3, -0.25) is 4.98 Å². The first kappa shape index (κ1) is 12.6. The average Bonchev–Trinajstić information content (AvgIpc) is 3.03. The smallest absolute Gasteiger partial charge is 0.124 e. The predicted octanol–water partition coefficient (Wildman–Crippen LogP) is 2.95. The number of aromatic nitrogens is 2. The highest BCUT2D eigenvalue weighted by atomic mass is 16.5. The fourth-order valence-corrected chi connectivity index (χ4v) is 2.16. The lowest BCUT2D eigenvalue weighted by atomic mass is 9.99. The molecular formula is C16H15N3O. The Morgan fingerprint density at radius 1 is 0.950 bits per heavy atom. The Balaban J connectivity index is 1.84. The zero-order chi connectivity index (χ0) is 13.6. The highest BCUT2D eigenvalue weighted by Gasteiger charge is 2.13. The van der Waals surface area contributed by atoms with Crippen LogP contribution in [0.5, 0.6) is 0 Å². The van der Waals surface area contributed by atoms with E-state index in [0.717, 1.165) is 5.69 Å². The lowest BCUT2D eigenvalue weighted by Gasteiger charge is -2.19. The van der Waals surface area contributed by atoms with Crippen LogP contribution < -0.4 is 5.32 Å². The Hall–Kier alpha value is -2.46. The largest absolute Gasteiger partial charge is 0.364 e. The summed E-state index contributed by atoms with van der Waals surface area (Å²) in [5.41, 5.74) is 3.27. The van der Waals surface area contributed by atoms with Crippen molar-refractivity contribution in [1.82, 2.24) is 15.5 Å². The quantitative estimate of drug-likeness (QED) is 0.770. The molecule has 0 spiro atoms. The third-order valence-corrected chi connectivity index (χ3v) is 3.15. The van der Waals surface area contributed by atoms with Gasteiger partial charge in [-0.25, -0.2) is 0 Å². The zero-order valence-corrected chi connectivity index (χ0v) is 10.9. The fraction of sp³-hybridized carbons (Fsp3) is 0.125. The van der Waals surface area contributed by atoms with Crippen LogP contribution in [0.1, 0.15) is 22.9 Å². The van der Waals surface area contributed by atoms with Crippen LogP contribution in [0, 0.1) is 0 Å². The van der Waals surface area contributed by atoms with E-state index in [2.05, 4.69) is 27.6 Å². The molecule has 1 atom stereocenters. The van der Waals surface area contributed by atoms with Crippen molar-refractivity contribution < 1.29 is 4.52 Å². The summed E-state index contributed by atoms with van der Waals surface area (Å²) in [6.07, 6.45) is 5.20. The molecule has 0 bridgehead atoms. The van der Waals surface area contributed by atoms with Crippen LogP contribution in [0.2, 0.25) is 0 Å². The van der Waals surface area contributed by atoms with Crippen molar-refractivity contribution in [2.45, 2.75) is 12.6 Å². The minimum Gasteiger partial charge on any atom is -0.364 e. The first-order valence-electron chi connectivity index (χ1n) is 6.51. The van der Waals surface area contributed by atoms with Crippen molar-refractivity contribution in [3.8, 4) is 0 Å². The third kappa shape index (κ3) is 2.92. The third-order valence-electron chi connectivity index (χ3n) is 3.15. The number of pyridine rings is 1. The van der Waals surface area contributed by atoms with Crippen LogP contribution in [0.25, 0.3) is 0 Å². The molecular weight excluding hydrogens is 250 g/mol. The Bertz CT molecular complexity index is 584. The van der Waals surface area contributed by atoms with Crippen LogP contribution in [0.3, 0.4) is 0 Å². The van der Waals surface area contributed by atoms with E-state index in [-0.39, 0.29) is 6.04 Å². The number of benzene rings is 1. The van der Waals surface area contributed by atoms with Crippen molar-refractivity contribution in [3.63, 3.8) is 0 Å². The topological polar surface area (TPSA) is 51.0 Å². The van der Waals surface area contributed by atoms with Gasteiger partial charge in [-0.2, -0.15) is 0 Å². The summed E-state index contributed by atoms with van der Waals surface area (Å²) in [5, 5.41) is 7.43. The molecule has 100 valence electrons. The molecule has 0 fully saturated rings. The van der Waals surface area contributed by atoms with E-state index in [1.807, 2.05) is 48.8 Å². The van der Waals surface area contributed by atoms with Crippen LogP contribution in [0.4, 0.5) is 0 Å². The number of hydrogen-bond donors (Lipinski definition) is 1. The van der Waals surface area contributed by atoms with E-state index in [0.29, 0.717) is 6.54 Å². The van der Waals surface area contributed by atoms with Crippen molar-refractivity contribution >= 4 is 0 Å². The molecule has 0 amide bonds. The summed E-state index contributed by atoms with van der Waals surface area (Å²) < 4.78 is 4.86. The van der Waals surface area contributed by atoms with Crippen molar-refractivity contribution in [2.75, 3.05) is 0 Å². The molecule has 2 aromatic heterocycles. The fourth-order valence-electron chi connectivity index (χ4n) is 2.16. The molecule has 0 radical (unpaired) electrons. The summed E-state index contributed by atoms with van der Waals surface area (Å²) in [6.45, 7) is 0.651. The monoisotopic (exact) mass is 265 g/mol. The summed E-state index contributed by atoms with van der Waals surface area (Å²) >= 11 is 0. The van der Waals surface area contributed by atoms with Gasteiger partial charge in [-0.15, -0.1) is 0 Å². The second-order valence-electron chi connectivity index (χ2n) is 4.50. The van der Waals surface area contributed by atoms with Crippen molar-refractivity contribution in [3.05, 3.63) is 84.0 Å². The van der Waals surface area contributed by atoms with E-state index in [4.69, 9.17) is 4.52 Å². The van der Waals surface area contributed by atoms with E-state index in [1.165, 1.54) is 11.1 Å². The Kier molecular flexibility index (Phi) is 3.85. The van der Waals surface area contributed by atoms with Gasteiger partial charge in [0, 0.05) is 25.0 Å². The molecule has 0 aliphatic heterocycles. The molecule has 1 N–H and O–H groups in total. The van der Waals surface area contributed by atoms with E-state index in [1.54, 1.807) is 6.26 Å². The summed E-state index contributed by atoms with van der Waals surface area (Å²) in [5.74, 6) is 0. The molecule has 2 heterocycles. The number of hydrogen-bond acceptors (Lipinski definition) is 4.